The van der Waals surface area contributed by atoms with Crippen molar-refractivity contribution in [3.8, 4) is 11.1 Å². The van der Waals surface area contributed by atoms with Gasteiger partial charge in [-0.3, -0.25) is 4.98 Å². The van der Waals surface area contributed by atoms with E-state index in [4.69, 9.17) is 0 Å². The Morgan fingerprint density at radius 2 is 1.76 bits per heavy atom. The van der Waals surface area contributed by atoms with Crippen LogP contribution in [0.25, 0.3) is 16.8 Å². The number of fused-ring (bicyclic) bond motifs is 1. The van der Waals surface area contributed by atoms with Crippen LogP contribution in [0.1, 0.15) is 11.1 Å². The number of nitrogens with one attached hydrogen (secondary N) is 1. The first-order chi connectivity index (χ1) is 13.8. The van der Waals surface area contributed by atoms with Crippen LogP contribution in [0.4, 0.5) is 13.2 Å². The molecule has 0 unspecified atom stereocenters. The smallest absolute Gasteiger partial charge is 0.285 e. The van der Waals surface area contributed by atoms with Gasteiger partial charge in [-0.05, 0) is 35.4 Å². The Morgan fingerprint density at radius 1 is 1.07 bits per heavy atom. The molecule has 29 heavy (non-hydrogen) atoms. The van der Waals surface area contributed by atoms with Gasteiger partial charge in [-0.2, -0.15) is 22.8 Å². The largest absolute Gasteiger partial charge is 0.416 e. The predicted octanol–water partition coefficient (Wildman–Crippen LogP) is 5.16. The highest BCUT2D eigenvalue weighted by Gasteiger charge is 2.29. The molecule has 0 fully saturated rings. The third-order valence-corrected chi connectivity index (χ3v) is 5.64. The Morgan fingerprint density at radius 3 is 2.41 bits per heavy atom. The van der Waals surface area contributed by atoms with Crippen LogP contribution in [0.15, 0.2) is 69.2 Å². The molecule has 0 atom stereocenters. The molecule has 0 aliphatic carbocycles. The summed E-state index contributed by atoms with van der Waals surface area (Å²) in [6.07, 6.45) is -2.79. The van der Waals surface area contributed by atoms with Crippen LogP contribution >= 0.6 is 27.7 Å². The Labute approximate surface area is 175 Å². The second-order valence-electron chi connectivity index (χ2n) is 6.13. The number of nitrogens with zero attached hydrogens (tertiary/aromatic N) is 3. The van der Waals surface area contributed by atoms with Crippen LogP contribution in [0.5, 0.6) is 0 Å². The Kier molecular flexibility index (Phi) is 5.22. The first kappa shape index (κ1) is 19.7. The zero-order valence-electron chi connectivity index (χ0n) is 14.6. The summed E-state index contributed by atoms with van der Waals surface area (Å²) >= 11 is 4.61. The van der Waals surface area contributed by atoms with Gasteiger partial charge in [-0.1, -0.05) is 52.0 Å². The maximum absolute atomic E-state index is 12.7. The van der Waals surface area contributed by atoms with E-state index in [0.29, 0.717) is 27.7 Å². The highest BCUT2D eigenvalue weighted by Crippen LogP contribution is 2.30. The summed E-state index contributed by atoms with van der Waals surface area (Å²) in [6.45, 7) is 0. The van der Waals surface area contributed by atoms with E-state index in [1.165, 1.54) is 28.4 Å². The molecule has 0 amide bonds. The topological polar surface area (TPSA) is 63.0 Å². The van der Waals surface area contributed by atoms with Crippen molar-refractivity contribution in [2.75, 3.05) is 0 Å². The summed E-state index contributed by atoms with van der Waals surface area (Å²) in [4.78, 5) is 19.4. The van der Waals surface area contributed by atoms with E-state index in [1.807, 2.05) is 24.3 Å². The fraction of sp³-hybridized carbons (Fsp3) is 0.105. The first-order valence-electron chi connectivity index (χ1n) is 8.34. The van der Waals surface area contributed by atoms with Crippen molar-refractivity contribution >= 4 is 33.3 Å². The first-order valence-corrected chi connectivity index (χ1v) is 10.1. The molecule has 2 aromatic carbocycles. The minimum Gasteiger partial charge on any atom is -0.285 e. The molecule has 0 spiro atoms. The van der Waals surface area contributed by atoms with Crippen molar-refractivity contribution in [3.05, 3.63) is 80.8 Å². The predicted molar refractivity (Wildman–Crippen MR) is 108 cm³/mol. The summed E-state index contributed by atoms with van der Waals surface area (Å²) in [5, 5.41) is 4.45. The fourth-order valence-electron chi connectivity index (χ4n) is 2.71. The molecule has 0 saturated heterocycles. The molecule has 2 heterocycles. The average molecular weight is 481 g/mol. The molecule has 148 valence electrons. The van der Waals surface area contributed by atoms with E-state index in [-0.39, 0.29) is 0 Å². The van der Waals surface area contributed by atoms with E-state index >= 15 is 0 Å². The molecule has 4 aromatic rings. The SMILES string of the molecule is O=c1[nH]c(SCc2ccc(C(F)(F)F)cc2)nc2c(-c3ccc(Br)cc3)cnn12. The maximum Gasteiger partial charge on any atom is 0.416 e. The summed E-state index contributed by atoms with van der Waals surface area (Å²) in [5.74, 6) is 0.360. The Bertz CT molecular complexity index is 1220. The third kappa shape index (κ3) is 4.23. The number of hydrogen-bond donors (Lipinski definition) is 1. The van der Waals surface area contributed by atoms with Gasteiger partial charge in [0.1, 0.15) is 0 Å². The van der Waals surface area contributed by atoms with Crippen molar-refractivity contribution in [1.29, 1.82) is 0 Å². The quantitative estimate of drug-likeness (QED) is 0.410. The van der Waals surface area contributed by atoms with Crippen LogP contribution in [0, 0.1) is 0 Å². The van der Waals surface area contributed by atoms with Gasteiger partial charge in [0.05, 0.1) is 11.8 Å². The van der Waals surface area contributed by atoms with E-state index in [0.717, 1.165) is 22.2 Å². The molecular weight excluding hydrogens is 469 g/mol. The molecule has 5 nitrogen and oxygen atoms in total. The normalized spacial score (nSPS) is 11.9. The highest BCUT2D eigenvalue weighted by atomic mass is 79.9. The van der Waals surface area contributed by atoms with Crippen LogP contribution < -0.4 is 5.69 Å². The number of hydrogen-bond acceptors (Lipinski definition) is 4. The lowest BCUT2D eigenvalue weighted by Gasteiger charge is -2.07. The summed E-state index contributed by atoms with van der Waals surface area (Å²) in [5.41, 5.74) is 1.53. The maximum atomic E-state index is 12.7. The standard InChI is InChI=1S/C19H12BrF3N4OS/c20-14-7-3-12(4-8-14)15-9-24-27-16(15)25-17(26-18(27)28)29-10-11-1-5-13(6-2-11)19(21,22)23/h1-9H,10H2,(H,25,26,28). The second kappa shape index (κ2) is 7.68. The van der Waals surface area contributed by atoms with Crippen molar-refractivity contribution in [2.24, 2.45) is 0 Å². The Hall–Kier alpha value is -2.59. The average Bonchev–Trinajstić information content (AvgIpc) is 3.11. The number of thioether (sulfide) groups is 1. The Balaban J connectivity index is 1.60. The third-order valence-electron chi connectivity index (χ3n) is 4.17. The number of rotatable bonds is 4. The molecule has 4 rings (SSSR count). The molecule has 2 aromatic heterocycles. The van der Waals surface area contributed by atoms with E-state index in [9.17, 15) is 18.0 Å². The van der Waals surface area contributed by atoms with Crippen molar-refractivity contribution in [2.45, 2.75) is 17.1 Å². The lowest BCUT2D eigenvalue weighted by Crippen LogP contribution is -2.19. The second-order valence-corrected chi connectivity index (χ2v) is 8.01. The molecule has 1 N–H and O–H groups in total. The molecule has 0 radical (unpaired) electrons. The van der Waals surface area contributed by atoms with Gasteiger partial charge in [-0.25, -0.2) is 9.78 Å². The lowest BCUT2D eigenvalue weighted by molar-refractivity contribution is -0.137. The zero-order chi connectivity index (χ0) is 20.6. The lowest BCUT2D eigenvalue weighted by atomic mass is 10.1. The van der Waals surface area contributed by atoms with E-state index < -0.39 is 17.4 Å². The van der Waals surface area contributed by atoms with Crippen molar-refractivity contribution < 1.29 is 13.2 Å². The van der Waals surface area contributed by atoms with Crippen LogP contribution in [0.2, 0.25) is 0 Å². The highest BCUT2D eigenvalue weighted by molar-refractivity contribution is 9.10. The monoisotopic (exact) mass is 480 g/mol. The zero-order valence-corrected chi connectivity index (χ0v) is 17.0. The van der Waals surface area contributed by atoms with Gasteiger partial charge < -0.3 is 0 Å². The van der Waals surface area contributed by atoms with Gasteiger partial charge in [0.25, 0.3) is 0 Å². The molecule has 0 saturated carbocycles. The van der Waals surface area contributed by atoms with Crippen LogP contribution in [-0.4, -0.2) is 19.6 Å². The van der Waals surface area contributed by atoms with Crippen molar-refractivity contribution in [3.63, 3.8) is 0 Å². The molecule has 0 aliphatic rings. The number of H-pyrrole nitrogens is 1. The van der Waals surface area contributed by atoms with Gasteiger partial charge in [0.15, 0.2) is 10.8 Å². The summed E-state index contributed by atoms with van der Waals surface area (Å²) in [6, 6.07) is 12.4. The number of benzene rings is 2. The minimum atomic E-state index is -4.37. The molecular formula is C19H12BrF3N4OS. The van der Waals surface area contributed by atoms with Crippen LogP contribution in [0.3, 0.4) is 0 Å². The van der Waals surface area contributed by atoms with Gasteiger partial charge in [0.2, 0.25) is 0 Å². The number of alkyl halides is 3. The summed E-state index contributed by atoms with van der Waals surface area (Å²) in [7, 11) is 0. The number of aromatic nitrogens is 4. The number of halogens is 4. The fourth-order valence-corrected chi connectivity index (χ4v) is 3.78. The van der Waals surface area contributed by atoms with Gasteiger partial charge in [-0.15, -0.1) is 0 Å². The molecule has 0 bridgehead atoms. The van der Waals surface area contributed by atoms with Crippen LogP contribution in [-0.2, 0) is 11.9 Å². The van der Waals surface area contributed by atoms with Gasteiger partial charge in [0, 0.05) is 15.8 Å². The van der Waals surface area contributed by atoms with Crippen molar-refractivity contribution in [1.82, 2.24) is 19.6 Å². The minimum absolute atomic E-state index is 0.360. The van der Waals surface area contributed by atoms with E-state index in [2.05, 4.69) is 31.0 Å². The molecule has 10 heteroatoms. The number of aromatic amines is 1. The molecule has 0 aliphatic heterocycles. The van der Waals surface area contributed by atoms with E-state index in [1.54, 1.807) is 6.20 Å². The van der Waals surface area contributed by atoms with Gasteiger partial charge >= 0.3 is 11.9 Å². The summed E-state index contributed by atoms with van der Waals surface area (Å²) < 4.78 is 40.1.